The van der Waals surface area contributed by atoms with Crippen molar-refractivity contribution in [2.75, 3.05) is 5.32 Å². The number of carboxylic acids is 1. The summed E-state index contributed by atoms with van der Waals surface area (Å²) in [5.41, 5.74) is 3.46. The van der Waals surface area contributed by atoms with Crippen molar-refractivity contribution in [3.63, 3.8) is 0 Å². The third kappa shape index (κ3) is 6.74. The Morgan fingerprint density at radius 3 is 2.02 bits per heavy atom. The molecule has 1 aromatic heterocycles. The van der Waals surface area contributed by atoms with E-state index in [1.54, 1.807) is 24.3 Å². The summed E-state index contributed by atoms with van der Waals surface area (Å²) in [6, 6.07) is 16.6. The zero-order valence-corrected chi connectivity index (χ0v) is 23.6. The van der Waals surface area contributed by atoms with Crippen molar-refractivity contribution in [1.29, 1.82) is 0 Å². The van der Waals surface area contributed by atoms with Crippen LogP contribution in [0, 0.1) is 5.82 Å². The van der Waals surface area contributed by atoms with E-state index in [1.165, 1.54) is 42.5 Å². The van der Waals surface area contributed by atoms with Crippen LogP contribution >= 0.6 is 0 Å². The smallest absolute Gasteiger partial charge is 0.303 e. The first-order valence-electron chi connectivity index (χ1n) is 13.9. The van der Waals surface area contributed by atoms with Crippen LogP contribution in [0.25, 0.3) is 22.4 Å². The molecule has 0 aliphatic heterocycles. The van der Waals surface area contributed by atoms with E-state index in [4.69, 9.17) is 5.11 Å². The van der Waals surface area contributed by atoms with Crippen LogP contribution < -0.4 is 5.32 Å². The number of nitrogens with one attached hydrogen (secondary N) is 1. The van der Waals surface area contributed by atoms with Gasteiger partial charge >= 0.3 is 5.97 Å². The molecule has 8 nitrogen and oxygen atoms in total. The Kier molecular flexibility index (Phi) is 9.52. The number of nitrogens with zero attached hydrogens (tertiary/aromatic N) is 1. The number of halogens is 1. The number of carbonyl (C=O) groups is 2. The molecule has 0 fully saturated rings. The molecule has 0 unspecified atom stereocenters. The lowest BCUT2D eigenvalue weighted by Gasteiger charge is -2.17. The highest BCUT2D eigenvalue weighted by molar-refractivity contribution is 6.13. The number of hydrogen-bond donors (Lipinski definition) is 5. The average molecular weight is 575 g/mol. The number of aliphatic carboxylic acids is 1. The molecule has 0 bridgehead atoms. The molecular weight excluding hydrogens is 539 g/mol. The number of phenolic OH excluding ortho intramolecular Hbond substituents is 3. The summed E-state index contributed by atoms with van der Waals surface area (Å²) in [5.74, 6) is -2.47. The number of amides is 1. The van der Waals surface area contributed by atoms with Gasteiger partial charge in [-0.15, -0.1) is 0 Å². The molecular formula is C33H35FN2O6. The first kappa shape index (κ1) is 30.2. The van der Waals surface area contributed by atoms with E-state index in [-0.39, 0.29) is 35.3 Å². The maximum absolute atomic E-state index is 14.1. The number of rotatable bonds is 12. The summed E-state index contributed by atoms with van der Waals surface area (Å²) < 4.78 is 16.1. The van der Waals surface area contributed by atoms with E-state index >= 15 is 0 Å². The first-order valence-corrected chi connectivity index (χ1v) is 13.9. The fourth-order valence-electron chi connectivity index (χ4n) is 5.25. The third-order valence-corrected chi connectivity index (χ3v) is 7.13. The number of unbranched alkanes of at least 4 members (excludes halogenated alkanes) is 3. The molecule has 9 heteroatoms. The SMILES string of the molecule is CC(C)c1c(C(=O)Nc2c(O)cccc2O)c(-c2ccc(O)cc2)c(-c2ccc(F)cc2)n1CCCCCCC(=O)O. The summed E-state index contributed by atoms with van der Waals surface area (Å²) in [7, 11) is 0. The summed E-state index contributed by atoms with van der Waals surface area (Å²) in [6.07, 6.45) is 2.89. The van der Waals surface area contributed by atoms with Crippen molar-refractivity contribution < 1.29 is 34.4 Å². The van der Waals surface area contributed by atoms with Gasteiger partial charge in [-0.25, -0.2) is 4.39 Å². The molecule has 3 aromatic carbocycles. The van der Waals surface area contributed by atoms with E-state index in [2.05, 4.69) is 9.88 Å². The first-order chi connectivity index (χ1) is 20.1. The molecule has 5 N–H and O–H groups in total. The summed E-state index contributed by atoms with van der Waals surface area (Å²) in [4.78, 5) is 25.0. The number of benzene rings is 3. The molecule has 0 aliphatic rings. The Morgan fingerprint density at radius 1 is 0.833 bits per heavy atom. The maximum atomic E-state index is 14.1. The van der Waals surface area contributed by atoms with Crippen LogP contribution in [-0.4, -0.2) is 36.9 Å². The van der Waals surface area contributed by atoms with Crippen molar-refractivity contribution in [2.24, 2.45) is 0 Å². The number of aromatic hydroxyl groups is 3. The highest BCUT2D eigenvalue weighted by Gasteiger charge is 2.31. The molecule has 0 saturated heterocycles. The second kappa shape index (κ2) is 13.2. The molecule has 4 aromatic rings. The number of carbonyl (C=O) groups excluding carboxylic acids is 1. The van der Waals surface area contributed by atoms with Gasteiger partial charge in [0, 0.05) is 24.2 Å². The van der Waals surface area contributed by atoms with Crippen molar-refractivity contribution in [3.05, 3.63) is 83.8 Å². The molecule has 0 atom stereocenters. The minimum Gasteiger partial charge on any atom is -0.508 e. The van der Waals surface area contributed by atoms with E-state index in [0.29, 0.717) is 53.0 Å². The van der Waals surface area contributed by atoms with Gasteiger partial charge in [-0.1, -0.05) is 44.9 Å². The van der Waals surface area contributed by atoms with Crippen LogP contribution in [0.4, 0.5) is 10.1 Å². The van der Waals surface area contributed by atoms with Crippen LogP contribution in [-0.2, 0) is 11.3 Å². The number of carboxylic acid groups (broad SMARTS) is 1. The van der Waals surface area contributed by atoms with E-state index in [9.17, 15) is 29.3 Å². The number of hydrogen-bond acceptors (Lipinski definition) is 5. The second-order valence-corrected chi connectivity index (χ2v) is 10.5. The Hall–Kier alpha value is -4.79. The Balaban J connectivity index is 1.92. The standard InChI is InChI=1S/C33H35FN2O6/c1-20(2)31-29(33(42)35-30-25(38)8-7-9-26(30)39)28(21-13-17-24(37)18-14-21)32(22-11-15-23(34)16-12-22)36(31)19-6-4-3-5-10-27(40)41/h7-9,11-18,20,37-39H,3-6,10,19H2,1-2H3,(H,35,42)(H,40,41). The van der Waals surface area contributed by atoms with Gasteiger partial charge in [-0.05, 0) is 78.4 Å². The topological polar surface area (TPSA) is 132 Å². The fraction of sp³-hybridized carbons (Fsp3) is 0.273. The van der Waals surface area contributed by atoms with Crippen molar-refractivity contribution in [2.45, 2.75) is 58.4 Å². The predicted molar refractivity (Wildman–Crippen MR) is 159 cm³/mol. The number of aromatic nitrogens is 1. The van der Waals surface area contributed by atoms with Gasteiger partial charge in [-0.3, -0.25) is 9.59 Å². The van der Waals surface area contributed by atoms with Gasteiger partial charge in [0.1, 0.15) is 28.8 Å². The van der Waals surface area contributed by atoms with Gasteiger partial charge in [0.25, 0.3) is 5.91 Å². The summed E-state index contributed by atoms with van der Waals surface area (Å²) in [5, 5.41) is 42.4. The van der Waals surface area contributed by atoms with Crippen LogP contribution in [0.3, 0.4) is 0 Å². The molecule has 0 spiro atoms. The van der Waals surface area contributed by atoms with Crippen LogP contribution in [0.2, 0.25) is 0 Å². The maximum Gasteiger partial charge on any atom is 0.303 e. The van der Waals surface area contributed by atoms with Crippen LogP contribution in [0.5, 0.6) is 17.2 Å². The highest BCUT2D eigenvalue weighted by atomic mass is 19.1. The molecule has 1 heterocycles. The number of phenols is 3. The largest absolute Gasteiger partial charge is 0.508 e. The Bertz CT molecular complexity index is 1540. The molecule has 1 amide bonds. The van der Waals surface area contributed by atoms with Gasteiger partial charge in [-0.2, -0.15) is 0 Å². The van der Waals surface area contributed by atoms with E-state index in [0.717, 1.165) is 12.8 Å². The number of para-hydroxylation sites is 1. The van der Waals surface area contributed by atoms with Crippen molar-refractivity contribution in [3.8, 4) is 39.6 Å². The molecule has 42 heavy (non-hydrogen) atoms. The van der Waals surface area contributed by atoms with Crippen LogP contribution in [0.15, 0.2) is 66.7 Å². The Morgan fingerprint density at radius 2 is 1.43 bits per heavy atom. The molecule has 4 rings (SSSR count). The molecule has 0 radical (unpaired) electrons. The fourth-order valence-corrected chi connectivity index (χ4v) is 5.25. The molecule has 220 valence electrons. The zero-order valence-electron chi connectivity index (χ0n) is 23.6. The van der Waals surface area contributed by atoms with Crippen molar-refractivity contribution in [1.82, 2.24) is 4.57 Å². The van der Waals surface area contributed by atoms with Gasteiger partial charge in [0.2, 0.25) is 0 Å². The lowest BCUT2D eigenvalue weighted by atomic mass is 9.94. The lowest BCUT2D eigenvalue weighted by molar-refractivity contribution is -0.137. The van der Waals surface area contributed by atoms with Gasteiger partial charge in [0.05, 0.1) is 11.3 Å². The highest BCUT2D eigenvalue weighted by Crippen LogP contribution is 2.44. The minimum atomic E-state index is -0.828. The second-order valence-electron chi connectivity index (χ2n) is 10.5. The monoisotopic (exact) mass is 574 g/mol. The zero-order chi connectivity index (χ0) is 30.4. The van der Waals surface area contributed by atoms with Crippen molar-refractivity contribution >= 4 is 17.6 Å². The lowest BCUT2D eigenvalue weighted by Crippen LogP contribution is -2.17. The minimum absolute atomic E-state index is 0.0529. The average Bonchev–Trinajstić information content (AvgIpc) is 3.28. The predicted octanol–water partition coefficient (Wildman–Crippen LogP) is 7.49. The van der Waals surface area contributed by atoms with E-state index in [1.807, 2.05) is 13.8 Å². The van der Waals surface area contributed by atoms with E-state index < -0.39 is 17.7 Å². The molecule has 0 aliphatic carbocycles. The molecule has 0 saturated carbocycles. The summed E-state index contributed by atoms with van der Waals surface area (Å²) in [6.45, 7) is 4.43. The van der Waals surface area contributed by atoms with Crippen LogP contribution in [0.1, 0.15) is 67.9 Å². The Labute approximate surface area is 243 Å². The quantitative estimate of drug-likeness (QED) is 0.0880. The van der Waals surface area contributed by atoms with Gasteiger partial charge in [0.15, 0.2) is 0 Å². The normalized spacial score (nSPS) is 11.1. The summed E-state index contributed by atoms with van der Waals surface area (Å²) >= 11 is 0. The third-order valence-electron chi connectivity index (χ3n) is 7.13. The number of anilines is 1. The van der Waals surface area contributed by atoms with Gasteiger partial charge < -0.3 is 30.3 Å².